The molecular weight excluding hydrogens is 465 g/mol. The van der Waals surface area contributed by atoms with E-state index in [1.54, 1.807) is 23.1 Å². The van der Waals surface area contributed by atoms with Gasteiger partial charge in [0, 0.05) is 18.1 Å². The number of hydrogen-bond donors (Lipinski definition) is 1. The molecule has 10 heteroatoms. The Morgan fingerprint density at radius 2 is 1.97 bits per heavy atom. The number of aryl methyl sites for hydroxylation is 2. The number of anilines is 4. The molecule has 0 spiro atoms. The molecule has 0 saturated heterocycles. The van der Waals surface area contributed by atoms with Crippen molar-refractivity contribution in [2.75, 3.05) is 10.2 Å². The van der Waals surface area contributed by atoms with Gasteiger partial charge in [0.1, 0.15) is 5.82 Å². The quantitative estimate of drug-likeness (QED) is 0.303. The zero-order valence-corrected chi connectivity index (χ0v) is 20.1. The summed E-state index contributed by atoms with van der Waals surface area (Å²) in [6.07, 6.45) is 0. The molecule has 1 N–H and O–H groups in total. The van der Waals surface area contributed by atoms with Gasteiger partial charge in [0.05, 0.1) is 17.1 Å². The molecule has 0 atom stereocenters. The maximum absolute atomic E-state index is 13.8. The second-order valence-electron chi connectivity index (χ2n) is 7.01. The number of benzene rings is 2. The molecule has 0 aliphatic rings. The summed E-state index contributed by atoms with van der Waals surface area (Å²) in [5.74, 6) is 0.157. The van der Waals surface area contributed by atoms with Gasteiger partial charge in [-0.2, -0.15) is 0 Å². The largest absolute Gasteiger partial charge is 0.328 e. The van der Waals surface area contributed by atoms with Gasteiger partial charge in [0.15, 0.2) is 9.47 Å². The Morgan fingerprint density at radius 1 is 1.16 bits per heavy atom. The maximum Gasteiger partial charge on any atom is 0.230 e. The Hall–Kier alpha value is -2.82. The highest BCUT2D eigenvalue weighted by atomic mass is 32.2. The number of thioether (sulfide) groups is 1. The molecule has 32 heavy (non-hydrogen) atoms. The van der Waals surface area contributed by atoms with Crippen LogP contribution in [0.1, 0.15) is 23.7 Å². The first kappa shape index (κ1) is 22.4. The van der Waals surface area contributed by atoms with E-state index in [1.165, 1.54) is 53.0 Å². The summed E-state index contributed by atoms with van der Waals surface area (Å²) in [6.45, 7) is 5.61. The summed E-state index contributed by atoms with van der Waals surface area (Å²) < 4.78 is 14.5. The van der Waals surface area contributed by atoms with Crippen molar-refractivity contribution < 1.29 is 9.18 Å². The number of thiazole rings is 1. The van der Waals surface area contributed by atoms with E-state index in [2.05, 4.69) is 20.5 Å². The van der Waals surface area contributed by atoms with Crippen LogP contribution in [0.15, 0.2) is 52.2 Å². The summed E-state index contributed by atoms with van der Waals surface area (Å²) in [5.41, 5.74) is 4.32. The van der Waals surface area contributed by atoms with Gasteiger partial charge >= 0.3 is 0 Å². The second kappa shape index (κ2) is 9.76. The first-order valence-electron chi connectivity index (χ1n) is 9.71. The topological polar surface area (TPSA) is 71.0 Å². The fourth-order valence-electron chi connectivity index (χ4n) is 2.89. The van der Waals surface area contributed by atoms with Gasteiger partial charge in [-0.25, -0.2) is 9.37 Å². The zero-order chi connectivity index (χ0) is 22.7. The van der Waals surface area contributed by atoms with E-state index in [-0.39, 0.29) is 11.7 Å². The van der Waals surface area contributed by atoms with Gasteiger partial charge in [0.25, 0.3) is 0 Å². The van der Waals surface area contributed by atoms with Crippen LogP contribution >= 0.6 is 34.4 Å². The van der Waals surface area contributed by atoms with Crippen LogP contribution in [0.3, 0.4) is 0 Å². The summed E-state index contributed by atoms with van der Waals surface area (Å²) in [7, 11) is 0. The van der Waals surface area contributed by atoms with Crippen LogP contribution in [0.5, 0.6) is 0 Å². The summed E-state index contributed by atoms with van der Waals surface area (Å²) >= 11 is 4.27. The highest BCUT2D eigenvalue weighted by Gasteiger charge is 2.19. The van der Waals surface area contributed by atoms with E-state index in [9.17, 15) is 9.18 Å². The predicted molar refractivity (Wildman–Crippen MR) is 130 cm³/mol. The van der Waals surface area contributed by atoms with E-state index in [0.717, 1.165) is 21.3 Å². The fraction of sp³-hybridized carbons (Fsp3) is 0.182. The third kappa shape index (κ3) is 5.14. The van der Waals surface area contributed by atoms with E-state index >= 15 is 0 Å². The van der Waals surface area contributed by atoms with E-state index in [4.69, 9.17) is 0 Å². The van der Waals surface area contributed by atoms with Gasteiger partial charge in [-0.3, -0.25) is 9.69 Å². The van der Waals surface area contributed by atoms with Gasteiger partial charge in [-0.05, 0) is 49.2 Å². The minimum Gasteiger partial charge on any atom is -0.328 e. The number of aromatic nitrogens is 3. The Kier molecular flexibility index (Phi) is 6.83. The number of hydrogen-bond acceptors (Lipinski definition) is 8. The van der Waals surface area contributed by atoms with Crippen molar-refractivity contribution in [1.29, 1.82) is 0 Å². The minimum atomic E-state index is -0.342. The predicted octanol–water partition coefficient (Wildman–Crippen LogP) is 6.47. The summed E-state index contributed by atoms with van der Waals surface area (Å²) in [5, 5.41) is 14.3. The molecule has 164 valence electrons. The van der Waals surface area contributed by atoms with E-state index < -0.39 is 0 Å². The number of amides is 1. The average molecular weight is 486 g/mol. The minimum absolute atomic E-state index is 0.0882. The van der Waals surface area contributed by atoms with Crippen molar-refractivity contribution in [2.45, 2.75) is 30.9 Å². The lowest BCUT2D eigenvalue weighted by Crippen LogP contribution is -2.22. The molecule has 0 saturated carbocycles. The zero-order valence-electron chi connectivity index (χ0n) is 17.6. The van der Waals surface area contributed by atoms with Gasteiger partial charge in [-0.1, -0.05) is 41.3 Å². The lowest BCUT2D eigenvalue weighted by atomic mass is 10.1. The second-order valence-corrected chi connectivity index (χ2v) is 10.0. The number of carbonyl (C=O) groups excluding carboxylic acids is 1. The normalized spacial score (nSPS) is 10.9. The van der Waals surface area contributed by atoms with Gasteiger partial charge in [0.2, 0.25) is 11.0 Å². The van der Waals surface area contributed by atoms with Crippen LogP contribution in [0.2, 0.25) is 0 Å². The van der Waals surface area contributed by atoms with Crippen molar-refractivity contribution >= 4 is 62.0 Å². The number of halogens is 1. The monoisotopic (exact) mass is 485 g/mol. The van der Waals surface area contributed by atoms with Crippen LogP contribution < -0.4 is 10.2 Å². The first-order valence-corrected chi connectivity index (χ1v) is 12.4. The highest BCUT2D eigenvalue weighted by Crippen LogP contribution is 2.34. The number of rotatable bonds is 7. The molecule has 0 bridgehead atoms. The Bertz CT molecular complexity index is 1260. The van der Waals surface area contributed by atoms with Crippen LogP contribution in [-0.2, 0) is 10.5 Å². The number of nitrogens with one attached hydrogen (secondary N) is 1. The molecule has 0 aliphatic carbocycles. The lowest BCUT2D eigenvalue weighted by molar-refractivity contribution is -0.115. The molecule has 0 fully saturated rings. The third-order valence-corrected chi connectivity index (χ3v) is 7.54. The Balaban J connectivity index is 1.43. The molecule has 2 heterocycles. The molecule has 4 aromatic rings. The van der Waals surface area contributed by atoms with Gasteiger partial charge < -0.3 is 5.32 Å². The summed E-state index contributed by atoms with van der Waals surface area (Å²) in [4.78, 5) is 18.6. The average Bonchev–Trinajstić information content (AvgIpc) is 3.40. The fourth-order valence-corrected chi connectivity index (χ4v) is 5.54. The molecular formula is C22H20FN5OS3. The maximum atomic E-state index is 13.8. The van der Waals surface area contributed by atoms with Crippen molar-refractivity contribution in [2.24, 2.45) is 0 Å². The SMILES string of the molecule is CC(=O)N(c1ccc(C)c(C)c1)c1nc(CSc2nnc(Nc3ccccc3F)s2)cs1. The number of nitrogens with zero attached hydrogens (tertiary/aromatic N) is 4. The molecule has 6 nitrogen and oxygen atoms in total. The molecule has 0 aliphatic heterocycles. The molecule has 4 rings (SSSR count). The molecule has 1 amide bonds. The third-order valence-electron chi connectivity index (χ3n) is 4.66. The van der Waals surface area contributed by atoms with Crippen LogP contribution in [0.4, 0.5) is 26.0 Å². The molecule has 2 aromatic heterocycles. The van der Waals surface area contributed by atoms with Crippen LogP contribution in [0.25, 0.3) is 0 Å². The smallest absolute Gasteiger partial charge is 0.230 e. The van der Waals surface area contributed by atoms with Crippen molar-refractivity contribution in [3.8, 4) is 0 Å². The highest BCUT2D eigenvalue weighted by molar-refractivity contribution is 8.00. The molecule has 0 unspecified atom stereocenters. The summed E-state index contributed by atoms with van der Waals surface area (Å²) in [6, 6.07) is 12.4. The number of para-hydroxylation sites is 1. The van der Waals surface area contributed by atoms with E-state index in [1.807, 2.05) is 37.4 Å². The van der Waals surface area contributed by atoms with Crippen LogP contribution in [-0.4, -0.2) is 21.1 Å². The first-order chi connectivity index (χ1) is 15.4. The molecule has 0 radical (unpaired) electrons. The number of carbonyl (C=O) groups is 1. The van der Waals surface area contributed by atoms with Crippen molar-refractivity contribution in [3.05, 3.63) is 70.5 Å². The Morgan fingerprint density at radius 3 is 2.72 bits per heavy atom. The van der Waals surface area contributed by atoms with E-state index in [0.29, 0.717) is 21.7 Å². The lowest BCUT2D eigenvalue weighted by Gasteiger charge is -2.19. The Labute approximate surface area is 197 Å². The van der Waals surface area contributed by atoms with Crippen LogP contribution in [0, 0.1) is 19.7 Å². The molecule has 2 aromatic carbocycles. The van der Waals surface area contributed by atoms with Gasteiger partial charge in [-0.15, -0.1) is 21.5 Å². The van der Waals surface area contributed by atoms with Crippen molar-refractivity contribution in [3.63, 3.8) is 0 Å². The van der Waals surface area contributed by atoms with Crippen molar-refractivity contribution in [1.82, 2.24) is 15.2 Å². The standard InChI is InChI=1S/C22H20FN5OS3/c1-13-8-9-17(10-14(13)2)28(15(3)29)21-24-16(11-30-21)12-31-22-27-26-20(32-22)25-19-7-5-4-6-18(19)23/h4-11H,12H2,1-3H3,(H,25,26).